The van der Waals surface area contributed by atoms with Gasteiger partial charge in [0.25, 0.3) is 0 Å². The van der Waals surface area contributed by atoms with E-state index in [4.69, 9.17) is 4.74 Å². The number of ether oxygens (including phenoxy) is 1. The number of nitriles is 1. The lowest BCUT2D eigenvalue weighted by Crippen LogP contribution is -2.47. The first-order valence-electron chi connectivity index (χ1n) is 10.4. The van der Waals surface area contributed by atoms with Gasteiger partial charge in [-0.2, -0.15) is 5.26 Å². The van der Waals surface area contributed by atoms with Crippen LogP contribution in [0.1, 0.15) is 37.7 Å². The minimum Gasteiger partial charge on any atom is -0.375 e. The van der Waals surface area contributed by atoms with Crippen LogP contribution < -0.4 is 10.2 Å². The maximum Gasteiger partial charge on any atom is 0.246 e. The number of carbonyl (C=O) groups excluding carboxylic acids is 1. The maximum atomic E-state index is 11.6. The predicted octanol–water partition coefficient (Wildman–Crippen LogP) is 2.39. The molecule has 0 atom stereocenters. The summed E-state index contributed by atoms with van der Waals surface area (Å²) in [5.41, 5.74) is 1.84. The molecule has 1 N–H and O–H groups in total. The second-order valence-corrected chi connectivity index (χ2v) is 7.96. The summed E-state index contributed by atoms with van der Waals surface area (Å²) in [6.45, 7) is 5.39. The molecule has 1 aliphatic carbocycles. The van der Waals surface area contributed by atoms with Crippen LogP contribution in [0.3, 0.4) is 0 Å². The fourth-order valence-corrected chi connectivity index (χ4v) is 4.42. The van der Waals surface area contributed by atoms with Crippen LogP contribution in [-0.2, 0) is 9.53 Å². The molecule has 3 rings (SSSR count). The lowest BCUT2D eigenvalue weighted by atomic mass is 9.84. The fraction of sp³-hybridized carbons (Fsp3) is 0.636. The topological polar surface area (TPSA) is 68.6 Å². The largest absolute Gasteiger partial charge is 0.375 e. The number of rotatable bonds is 7. The zero-order chi connectivity index (χ0) is 19.8. The molecular formula is C22H32N4O2. The van der Waals surface area contributed by atoms with Gasteiger partial charge in [0.1, 0.15) is 12.7 Å². The van der Waals surface area contributed by atoms with Crippen LogP contribution >= 0.6 is 0 Å². The Labute approximate surface area is 168 Å². The monoisotopic (exact) mass is 384 g/mol. The van der Waals surface area contributed by atoms with Crippen molar-refractivity contribution in [1.29, 1.82) is 5.26 Å². The average molecular weight is 385 g/mol. The van der Waals surface area contributed by atoms with E-state index in [1.54, 1.807) is 7.11 Å². The number of para-hydroxylation sites is 1. The third-order valence-electron chi connectivity index (χ3n) is 6.08. The number of hydrogen-bond donors (Lipinski definition) is 1. The molecule has 28 heavy (non-hydrogen) atoms. The van der Waals surface area contributed by atoms with E-state index in [1.165, 1.54) is 19.3 Å². The van der Waals surface area contributed by atoms with Gasteiger partial charge < -0.3 is 15.0 Å². The highest BCUT2D eigenvalue weighted by molar-refractivity contribution is 5.77. The Kier molecular flexibility index (Phi) is 7.70. The molecular weight excluding hydrogens is 352 g/mol. The average Bonchev–Trinajstić information content (AvgIpc) is 2.74. The van der Waals surface area contributed by atoms with Crippen molar-refractivity contribution in [3.05, 3.63) is 29.8 Å². The Balaban J connectivity index is 1.35. The third-order valence-corrected chi connectivity index (χ3v) is 6.08. The normalized spacial score (nSPS) is 23.2. The Morgan fingerprint density at radius 2 is 1.89 bits per heavy atom. The number of piperazine rings is 1. The van der Waals surface area contributed by atoms with Gasteiger partial charge in [0, 0.05) is 39.3 Å². The molecule has 1 aliphatic heterocycles. The van der Waals surface area contributed by atoms with E-state index in [0.29, 0.717) is 6.04 Å². The van der Waals surface area contributed by atoms with Crippen LogP contribution in [0, 0.1) is 17.2 Å². The zero-order valence-corrected chi connectivity index (χ0v) is 16.9. The molecule has 1 amide bonds. The standard InChI is InChI=1S/C22H32N4O2/c1-28-17-22(27)24-20-8-6-18(7-9-20)10-11-25-12-14-26(15-13-25)21-5-3-2-4-19(21)16-23/h2-5,18,20H,6-15,17H2,1H3,(H,24,27). The van der Waals surface area contributed by atoms with Gasteiger partial charge in [-0.3, -0.25) is 9.69 Å². The van der Waals surface area contributed by atoms with Gasteiger partial charge in [-0.1, -0.05) is 12.1 Å². The number of carbonyl (C=O) groups is 1. The molecule has 0 radical (unpaired) electrons. The number of nitrogens with zero attached hydrogens (tertiary/aromatic N) is 3. The van der Waals surface area contributed by atoms with Crippen LogP contribution in [0.15, 0.2) is 24.3 Å². The summed E-state index contributed by atoms with van der Waals surface area (Å²) in [6, 6.07) is 10.5. The SMILES string of the molecule is COCC(=O)NC1CCC(CCN2CCN(c3ccccc3C#N)CC2)CC1. The molecule has 0 unspecified atom stereocenters. The molecule has 1 aromatic rings. The van der Waals surface area contributed by atoms with E-state index in [2.05, 4.69) is 27.3 Å². The number of anilines is 1. The lowest BCUT2D eigenvalue weighted by Gasteiger charge is -2.37. The summed E-state index contributed by atoms with van der Waals surface area (Å²) in [6.07, 6.45) is 5.81. The summed E-state index contributed by atoms with van der Waals surface area (Å²) in [5, 5.41) is 12.4. The van der Waals surface area contributed by atoms with Crippen molar-refractivity contribution in [2.45, 2.75) is 38.1 Å². The van der Waals surface area contributed by atoms with Crippen molar-refractivity contribution >= 4 is 11.6 Å². The van der Waals surface area contributed by atoms with E-state index in [-0.39, 0.29) is 12.5 Å². The van der Waals surface area contributed by atoms with E-state index >= 15 is 0 Å². The molecule has 6 heteroatoms. The van der Waals surface area contributed by atoms with Gasteiger partial charge >= 0.3 is 0 Å². The van der Waals surface area contributed by atoms with Crippen LogP contribution in [0.5, 0.6) is 0 Å². The molecule has 0 bridgehead atoms. The molecule has 6 nitrogen and oxygen atoms in total. The van der Waals surface area contributed by atoms with E-state index in [0.717, 1.165) is 62.7 Å². The molecule has 0 aromatic heterocycles. The Bertz CT molecular complexity index is 671. The van der Waals surface area contributed by atoms with Crippen LogP contribution in [-0.4, -0.2) is 63.3 Å². The maximum absolute atomic E-state index is 11.6. The first-order valence-corrected chi connectivity index (χ1v) is 10.4. The lowest BCUT2D eigenvalue weighted by molar-refractivity contribution is -0.125. The minimum atomic E-state index is 0.00166. The summed E-state index contributed by atoms with van der Waals surface area (Å²) < 4.78 is 4.88. The van der Waals surface area contributed by atoms with Crippen molar-refractivity contribution in [3.63, 3.8) is 0 Å². The quantitative estimate of drug-likeness (QED) is 0.782. The van der Waals surface area contributed by atoms with Gasteiger partial charge in [-0.15, -0.1) is 0 Å². The van der Waals surface area contributed by atoms with E-state index in [1.807, 2.05) is 18.2 Å². The Morgan fingerprint density at radius 1 is 1.18 bits per heavy atom. The van der Waals surface area contributed by atoms with Crippen molar-refractivity contribution in [2.24, 2.45) is 5.92 Å². The van der Waals surface area contributed by atoms with Gasteiger partial charge in [-0.05, 0) is 56.7 Å². The molecule has 1 saturated carbocycles. The van der Waals surface area contributed by atoms with Gasteiger partial charge in [0.15, 0.2) is 0 Å². The van der Waals surface area contributed by atoms with Crippen molar-refractivity contribution in [3.8, 4) is 6.07 Å². The third kappa shape index (κ3) is 5.70. The molecule has 0 spiro atoms. The number of nitrogens with one attached hydrogen (secondary N) is 1. The summed E-state index contributed by atoms with van der Waals surface area (Å²) in [7, 11) is 1.55. The fourth-order valence-electron chi connectivity index (χ4n) is 4.42. The molecule has 1 aromatic carbocycles. The second-order valence-electron chi connectivity index (χ2n) is 7.96. The Hall–Kier alpha value is -2.10. The molecule has 2 aliphatic rings. The molecule has 1 saturated heterocycles. The smallest absolute Gasteiger partial charge is 0.246 e. The first-order chi connectivity index (χ1) is 13.7. The van der Waals surface area contributed by atoms with Crippen LogP contribution in [0.25, 0.3) is 0 Å². The molecule has 1 heterocycles. The summed E-state index contributed by atoms with van der Waals surface area (Å²) in [5.74, 6) is 0.773. The summed E-state index contributed by atoms with van der Waals surface area (Å²) in [4.78, 5) is 16.5. The van der Waals surface area contributed by atoms with Crippen LogP contribution in [0.2, 0.25) is 0 Å². The highest BCUT2D eigenvalue weighted by Crippen LogP contribution is 2.27. The minimum absolute atomic E-state index is 0.00166. The number of hydrogen-bond acceptors (Lipinski definition) is 5. The molecule has 152 valence electrons. The van der Waals surface area contributed by atoms with Crippen LogP contribution in [0.4, 0.5) is 5.69 Å². The van der Waals surface area contributed by atoms with E-state index in [9.17, 15) is 10.1 Å². The number of methoxy groups -OCH3 is 1. The Morgan fingerprint density at radius 3 is 2.57 bits per heavy atom. The van der Waals surface area contributed by atoms with Crippen molar-refractivity contribution in [1.82, 2.24) is 10.2 Å². The van der Waals surface area contributed by atoms with E-state index < -0.39 is 0 Å². The van der Waals surface area contributed by atoms with Crippen molar-refractivity contribution < 1.29 is 9.53 Å². The second kappa shape index (κ2) is 10.4. The predicted molar refractivity (Wildman–Crippen MR) is 110 cm³/mol. The number of benzene rings is 1. The van der Waals surface area contributed by atoms with Gasteiger partial charge in [0.2, 0.25) is 5.91 Å². The molecule has 2 fully saturated rings. The van der Waals surface area contributed by atoms with Gasteiger partial charge in [-0.25, -0.2) is 0 Å². The number of amides is 1. The highest BCUT2D eigenvalue weighted by atomic mass is 16.5. The van der Waals surface area contributed by atoms with Crippen molar-refractivity contribution in [2.75, 3.05) is 51.3 Å². The zero-order valence-electron chi connectivity index (χ0n) is 16.9. The highest BCUT2D eigenvalue weighted by Gasteiger charge is 2.24. The summed E-state index contributed by atoms with van der Waals surface area (Å²) >= 11 is 0. The van der Waals surface area contributed by atoms with Gasteiger partial charge in [0.05, 0.1) is 11.3 Å². The first kappa shape index (κ1) is 20.6.